The molecule has 3 heteroatoms. The molecule has 0 radical (unpaired) electrons. The molecular formula is C17H17NO2. The molecule has 0 saturated heterocycles. The second-order valence-corrected chi connectivity index (χ2v) is 4.57. The molecule has 2 aromatic rings. The van der Waals surface area contributed by atoms with Gasteiger partial charge in [0.1, 0.15) is 6.29 Å². The van der Waals surface area contributed by atoms with Crippen molar-refractivity contribution in [1.29, 1.82) is 0 Å². The molecule has 0 aromatic heterocycles. The number of nitrogens with one attached hydrogen (secondary N) is 1. The fourth-order valence-corrected chi connectivity index (χ4v) is 1.93. The fourth-order valence-electron chi connectivity index (χ4n) is 1.93. The predicted molar refractivity (Wildman–Crippen MR) is 79.5 cm³/mol. The van der Waals surface area contributed by atoms with Crippen LogP contribution in [0, 0.1) is 0 Å². The molecule has 0 spiro atoms. The van der Waals surface area contributed by atoms with Crippen LogP contribution in [0.4, 0.5) is 0 Å². The third kappa shape index (κ3) is 3.32. The average molecular weight is 267 g/mol. The third-order valence-electron chi connectivity index (χ3n) is 3.17. The number of hydrogen-bond donors (Lipinski definition) is 1. The average Bonchev–Trinajstić information content (AvgIpc) is 2.53. The number of rotatable bonds is 5. The highest BCUT2D eigenvalue weighted by Gasteiger charge is 2.11. The van der Waals surface area contributed by atoms with Crippen LogP contribution in [0.2, 0.25) is 0 Å². The number of carbonyl (C=O) groups is 2. The Morgan fingerprint density at radius 2 is 1.65 bits per heavy atom. The smallest absolute Gasteiger partial charge is 0.251 e. The van der Waals surface area contributed by atoms with Gasteiger partial charge in [0.15, 0.2) is 0 Å². The molecule has 0 aliphatic heterocycles. The van der Waals surface area contributed by atoms with Crippen molar-refractivity contribution in [2.45, 2.75) is 19.4 Å². The van der Waals surface area contributed by atoms with Gasteiger partial charge in [-0.1, -0.05) is 49.4 Å². The first-order valence-electron chi connectivity index (χ1n) is 6.66. The van der Waals surface area contributed by atoms with E-state index in [0.717, 1.165) is 17.4 Å². The highest BCUT2D eigenvalue weighted by atomic mass is 16.2. The van der Waals surface area contributed by atoms with Crippen LogP contribution in [-0.2, 0) is 4.79 Å². The highest BCUT2D eigenvalue weighted by molar-refractivity contribution is 5.96. The van der Waals surface area contributed by atoms with Gasteiger partial charge in [0, 0.05) is 5.56 Å². The van der Waals surface area contributed by atoms with Crippen LogP contribution in [0.1, 0.15) is 23.7 Å². The molecule has 0 fully saturated rings. The zero-order valence-electron chi connectivity index (χ0n) is 11.4. The molecule has 1 amide bonds. The van der Waals surface area contributed by atoms with Crippen molar-refractivity contribution in [3.63, 3.8) is 0 Å². The van der Waals surface area contributed by atoms with E-state index in [1.54, 1.807) is 12.1 Å². The molecule has 0 heterocycles. The molecule has 1 N–H and O–H groups in total. The van der Waals surface area contributed by atoms with Crippen molar-refractivity contribution in [3.8, 4) is 11.1 Å². The van der Waals surface area contributed by atoms with Crippen molar-refractivity contribution in [2.24, 2.45) is 0 Å². The van der Waals surface area contributed by atoms with Crippen molar-refractivity contribution in [1.82, 2.24) is 5.32 Å². The van der Waals surface area contributed by atoms with Gasteiger partial charge in [-0.25, -0.2) is 0 Å². The number of amides is 1. The van der Waals surface area contributed by atoms with Crippen molar-refractivity contribution in [3.05, 3.63) is 60.2 Å². The molecule has 2 rings (SSSR count). The zero-order valence-corrected chi connectivity index (χ0v) is 11.4. The van der Waals surface area contributed by atoms with E-state index in [4.69, 9.17) is 0 Å². The Bertz CT molecular complexity index is 576. The van der Waals surface area contributed by atoms with Gasteiger partial charge >= 0.3 is 0 Å². The maximum Gasteiger partial charge on any atom is 0.251 e. The summed E-state index contributed by atoms with van der Waals surface area (Å²) >= 11 is 0. The Labute approximate surface area is 118 Å². The summed E-state index contributed by atoms with van der Waals surface area (Å²) in [4.78, 5) is 22.7. The van der Waals surface area contributed by atoms with Gasteiger partial charge in [0.2, 0.25) is 0 Å². The van der Waals surface area contributed by atoms with Gasteiger partial charge in [0.25, 0.3) is 5.91 Å². The first kappa shape index (κ1) is 14.0. The normalized spacial score (nSPS) is 11.7. The number of benzene rings is 2. The van der Waals surface area contributed by atoms with Crippen LogP contribution in [0.25, 0.3) is 11.1 Å². The fraction of sp³-hybridized carbons (Fsp3) is 0.176. The molecule has 0 aliphatic rings. The van der Waals surface area contributed by atoms with Crippen LogP contribution in [-0.4, -0.2) is 18.2 Å². The lowest BCUT2D eigenvalue weighted by atomic mass is 10.0. The molecule has 0 bridgehead atoms. The highest BCUT2D eigenvalue weighted by Crippen LogP contribution is 2.19. The van der Waals surface area contributed by atoms with E-state index in [1.807, 2.05) is 49.4 Å². The standard InChI is InChI=1S/C17H17NO2/c1-2-16(12-19)18-17(20)15-10-8-14(9-11-15)13-6-4-3-5-7-13/h3-12,16H,2H2,1H3,(H,18,20). The van der Waals surface area contributed by atoms with E-state index in [9.17, 15) is 9.59 Å². The second-order valence-electron chi connectivity index (χ2n) is 4.57. The predicted octanol–water partition coefficient (Wildman–Crippen LogP) is 3.06. The Balaban J connectivity index is 2.12. The molecule has 102 valence electrons. The van der Waals surface area contributed by atoms with Crippen LogP contribution < -0.4 is 5.32 Å². The molecule has 2 aromatic carbocycles. The number of aldehydes is 1. The van der Waals surface area contributed by atoms with E-state index >= 15 is 0 Å². The Morgan fingerprint density at radius 3 is 2.20 bits per heavy atom. The summed E-state index contributed by atoms with van der Waals surface area (Å²) in [5.41, 5.74) is 2.73. The monoisotopic (exact) mass is 267 g/mol. The van der Waals surface area contributed by atoms with E-state index in [-0.39, 0.29) is 5.91 Å². The van der Waals surface area contributed by atoms with Crippen molar-refractivity contribution < 1.29 is 9.59 Å². The molecule has 1 unspecified atom stereocenters. The van der Waals surface area contributed by atoms with Gasteiger partial charge in [-0.15, -0.1) is 0 Å². The van der Waals surface area contributed by atoms with Crippen LogP contribution >= 0.6 is 0 Å². The Morgan fingerprint density at radius 1 is 1.05 bits per heavy atom. The van der Waals surface area contributed by atoms with Gasteiger partial charge in [-0.3, -0.25) is 4.79 Å². The Hall–Kier alpha value is -2.42. The summed E-state index contributed by atoms with van der Waals surface area (Å²) in [5, 5.41) is 2.68. The third-order valence-corrected chi connectivity index (χ3v) is 3.17. The zero-order chi connectivity index (χ0) is 14.4. The van der Waals surface area contributed by atoms with Crippen LogP contribution in [0.15, 0.2) is 54.6 Å². The van der Waals surface area contributed by atoms with E-state index in [2.05, 4.69) is 5.32 Å². The first-order valence-corrected chi connectivity index (χ1v) is 6.66. The van der Waals surface area contributed by atoms with E-state index in [1.165, 1.54) is 0 Å². The topological polar surface area (TPSA) is 46.2 Å². The first-order chi connectivity index (χ1) is 9.74. The number of hydrogen-bond acceptors (Lipinski definition) is 2. The summed E-state index contributed by atoms with van der Waals surface area (Å²) in [7, 11) is 0. The van der Waals surface area contributed by atoms with Crippen molar-refractivity contribution >= 4 is 12.2 Å². The second kappa shape index (κ2) is 6.66. The van der Waals surface area contributed by atoms with E-state index < -0.39 is 6.04 Å². The summed E-state index contributed by atoms with van der Waals surface area (Å²) in [6.45, 7) is 1.86. The lowest BCUT2D eigenvalue weighted by molar-refractivity contribution is -0.109. The molecule has 0 aliphatic carbocycles. The molecule has 3 nitrogen and oxygen atoms in total. The molecule has 0 saturated carbocycles. The largest absolute Gasteiger partial charge is 0.343 e. The summed E-state index contributed by atoms with van der Waals surface area (Å²) in [6, 6.07) is 16.9. The van der Waals surface area contributed by atoms with Crippen LogP contribution in [0.5, 0.6) is 0 Å². The summed E-state index contributed by atoms with van der Waals surface area (Å²) < 4.78 is 0. The molecule has 20 heavy (non-hydrogen) atoms. The van der Waals surface area contributed by atoms with Crippen LogP contribution in [0.3, 0.4) is 0 Å². The van der Waals surface area contributed by atoms with E-state index in [0.29, 0.717) is 12.0 Å². The van der Waals surface area contributed by atoms with Gasteiger partial charge in [-0.2, -0.15) is 0 Å². The van der Waals surface area contributed by atoms with Gasteiger partial charge < -0.3 is 10.1 Å². The molecular weight excluding hydrogens is 250 g/mol. The Kier molecular flexibility index (Phi) is 4.66. The lowest BCUT2D eigenvalue weighted by Gasteiger charge is -2.10. The number of carbonyl (C=O) groups excluding carboxylic acids is 2. The molecule has 1 atom stereocenters. The maximum atomic E-state index is 12.0. The SMILES string of the molecule is CCC(C=O)NC(=O)c1ccc(-c2ccccc2)cc1. The minimum Gasteiger partial charge on any atom is -0.343 e. The minimum atomic E-state index is -0.420. The quantitative estimate of drug-likeness (QED) is 0.846. The summed E-state index contributed by atoms with van der Waals surface area (Å²) in [5.74, 6) is -0.219. The lowest BCUT2D eigenvalue weighted by Crippen LogP contribution is -2.35. The van der Waals surface area contributed by atoms with Gasteiger partial charge in [-0.05, 0) is 29.7 Å². The van der Waals surface area contributed by atoms with Crippen molar-refractivity contribution in [2.75, 3.05) is 0 Å². The van der Waals surface area contributed by atoms with Gasteiger partial charge in [0.05, 0.1) is 6.04 Å². The summed E-state index contributed by atoms with van der Waals surface area (Å²) in [6.07, 6.45) is 1.35. The maximum absolute atomic E-state index is 12.0. The minimum absolute atomic E-state index is 0.219.